The zero-order chi connectivity index (χ0) is 10.1. The number of hydrogen-bond acceptors (Lipinski definition) is 1. The van der Waals surface area contributed by atoms with E-state index in [1.165, 1.54) is 6.20 Å². The van der Waals surface area contributed by atoms with Crippen LogP contribution in [0.25, 0.3) is 0 Å². The molecule has 0 bridgehead atoms. The fourth-order valence-electron chi connectivity index (χ4n) is 0.991. The predicted octanol–water partition coefficient (Wildman–Crippen LogP) is 1.36. The van der Waals surface area contributed by atoms with Crippen LogP contribution in [0, 0.1) is 13.8 Å². The Morgan fingerprint density at radius 1 is 1.31 bits per heavy atom. The third kappa shape index (κ3) is 2.97. The number of rotatable bonds is 2. The van der Waals surface area contributed by atoms with Gasteiger partial charge in [0.15, 0.2) is 0 Å². The van der Waals surface area contributed by atoms with E-state index in [-0.39, 0.29) is 0 Å². The lowest BCUT2D eigenvalue weighted by atomic mass is 10.2. The molecular formula is C7H9BF3NO. The zero-order valence-corrected chi connectivity index (χ0v) is 7.30. The van der Waals surface area contributed by atoms with Crippen LogP contribution in [0.1, 0.15) is 11.3 Å². The van der Waals surface area contributed by atoms with Crippen LogP contribution in [0.2, 0.25) is 0 Å². The highest BCUT2D eigenvalue weighted by Crippen LogP contribution is 2.04. The average Bonchev–Trinajstić information content (AvgIpc) is 1.93. The van der Waals surface area contributed by atoms with Gasteiger partial charge in [-0.15, -0.1) is 0 Å². The Labute approximate surface area is 74.0 Å². The van der Waals surface area contributed by atoms with E-state index in [4.69, 9.17) is 0 Å². The Morgan fingerprint density at radius 2 is 1.92 bits per heavy atom. The molecular weight excluding hydrogens is 182 g/mol. The van der Waals surface area contributed by atoms with Crippen LogP contribution >= 0.6 is 0 Å². The minimum absolute atomic E-state index is 0.416. The molecule has 0 aliphatic rings. The van der Waals surface area contributed by atoms with Gasteiger partial charge < -0.3 is 17.7 Å². The maximum atomic E-state index is 11.8. The van der Waals surface area contributed by atoms with Crippen molar-refractivity contribution in [2.75, 3.05) is 0 Å². The van der Waals surface area contributed by atoms with E-state index >= 15 is 0 Å². The minimum Gasteiger partial charge on any atom is -0.407 e. The van der Waals surface area contributed by atoms with Crippen molar-refractivity contribution in [3.63, 3.8) is 0 Å². The Bertz CT molecular complexity index is 313. The van der Waals surface area contributed by atoms with Gasteiger partial charge in [-0.25, -0.2) is 0 Å². The van der Waals surface area contributed by atoms with E-state index in [0.717, 1.165) is 5.56 Å². The summed E-state index contributed by atoms with van der Waals surface area (Å²) in [5, 5.41) is 0. The van der Waals surface area contributed by atoms with Crippen molar-refractivity contribution in [3.05, 3.63) is 29.6 Å². The molecule has 2 nitrogen and oxygen atoms in total. The Balaban J connectivity index is 2.90. The lowest BCUT2D eigenvalue weighted by Gasteiger charge is -2.11. The van der Waals surface area contributed by atoms with Crippen molar-refractivity contribution in [2.45, 2.75) is 13.8 Å². The molecule has 72 valence electrons. The summed E-state index contributed by atoms with van der Waals surface area (Å²) in [5.41, 5.74) is 1.31. The molecule has 1 aromatic rings. The van der Waals surface area contributed by atoms with E-state index in [0.29, 0.717) is 10.4 Å². The summed E-state index contributed by atoms with van der Waals surface area (Å²) >= 11 is 0. The van der Waals surface area contributed by atoms with E-state index in [2.05, 4.69) is 4.76 Å². The van der Waals surface area contributed by atoms with Crippen LogP contribution in [0.15, 0.2) is 18.3 Å². The SMILES string of the molecule is Cc1cc[n+](O[B-](F)(F)F)c(C)c1. The highest BCUT2D eigenvalue weighted by molar-refractivity contribution is 6.50. The molecule has 0 aliphatic carbocycles. The second-order valence-electron chi connectivity index (χ2n) is 2.79. The standard InChI is InChI=1S/C7H9BF3NO/c1-6-3-4-12(7(2)5-6)13-8(9,10)11/h3-5H,1-2H3. The maximum Gasteiger partial charge on any atom is 0.752 e. The lowest BCUT2D eigenvalue weighted by Crippen LogP contribution is -2.54. The molecule has 0 saturated carbocycles. The topological polar surface area (TPSA) is 13.1 Å². The Morgan fingerprint density at radius 3 is 2.38 bits per heavy atom. The molecule has 0 N–H and O–H groups in total. The number of hydrogen-bond donors (Lipinski definition) is 0. The van der Waals surface area contributed by atoms with Crippen molar-refractivity contribution in [2.24, 2.45) is 0 Å². The lowest BCUT2D eigenvalue weighted by molar-refractivity contribution is -0.872. The van der Waals surface area contributed by atoms with Crippen LogP contribution in [0.5, 0.6) is 0 Å². The summed E-state index contributed by atoms with van der Waals surface area (Å²) in [7, 11) is -5.25. The zero-order valence-electron chi connectivity index (χ0n) is 7.30. The maximum absolute atomic E-state index is 11.8. The van der Waals surface area contributed by atoms with Gasteiger partial charge in [0, 0.05) is 19.1 Å². The van der Waals surface area contributed by atoms with Crippen molar-refractivity contribution in [1.82, 2.24) is 0 Å². The quantitative estimate of drug-likeness (QED) is 0.508. The normalized spacial score (nSPS) is 11.5. The molecule has 0 fully saturated rings. The number of pyridine rings is 1. The molecule has 0 saturated heterocycles. The number of aryl methyl sites for hydroxylation is 2. The molecule has 13 heavy (non-hydrogen) atoms. The number of aromatic nitrogens is 1. The molecule has 0 aliphatic heterocycles. The Hall–Kier alpha value is -1.20. The van der Waals surface area contributed by atoms with Crippen LogP contribution in [0.3, 0.4) is 0 Å². The first-order valence-electron chi connectivity index (χ1n) is 3.75. The molecule has 0 spiro atoms. The summed E-state index contributed by atoms with van der Waals surface area (Å²) in [6.07, 6.45) is 1.25. The van der Waals surface area contributed by atoms with Crippen LogP contribution < -0.4 is 9.49 Å². The highest BCUT2D eigenvalue weighted by Gasteiger charge is 2.34. The summed E-state index contributed by atoms with van der Waals surface area (Å²) < 4.78 is 40.0. The first kappa shape index (κ1) is 9.89. The third-order valence-corrected chi connectivity index (χ3v) is 1.49. The smallest absolute Gasteiger partial charge is 0.407 e. The average molecular weight is 191 g/mol. The van der Waals surface area contributed by atoms with Gasteiger partial charge in [0.25, 0.3) is 0 Å². The van der Waals surface area contributed by atoms with Gasteiger partial charge in [-0.2, -0.15) is 0 Å². The summed E-state index contributed by atoms with van der Waals surface area (Å²) in [5.74, 6) is 0. The largest absolute Gasteiger partial charge is 0.752 e. The van der Waals surface area contributed by atoms with Gasteiger partial charge in [0.1, 0.15) is 0 Å². The molecule has 0 unspecified atom stereocenters. The molecule has 1 aromatic heterocycles. The van der Waals surface area contributed by atoms with Gasteiger partial charge in [-0.3, -0.25) is 0 Å². The second-order valence-corrected chi connectivity index (χ2v) is 2.79. The molecule has 6 heteroatoms. The summed E-state index contributed by atoms with van der Waals surface area (Å²) in [6.45, 7) is 3.35. The van der Waals surface area contributed by atoms with Crippen LogP contribution in [-0.4, -0.2) is 7.18 Å². The van der Waals surface area contributed by atoms with Crippen LogP contribution in [0.4, 0.5) is 12.9 Å². The van der Waals surface area contributed by atoms with E-state index < -0.39 is 7.18 Å². The van der Waals surface area contributed by atoms with Crippen molar-refractivity contribution in [1.29, 1.82) is 0 Å². The van der Waals surface area contributed by atoms with E-state index in [9.17, 15) is 12.9 Å². The van der Waals surface area contributed by atoms with Crippen LogP contribution in [-0.2, 0) is 0 Å². The van der Waals surface area contributed by atoms with Crippen molar-refractivity contribution in [3.8, 4) is 0 Å². The van der Waals surface area contributed by atoms with Gasteiger partial charge in [-0.05, 0) is 17.2 Å². The molecule has 0 atom stereocenters. The first-order chi connectivity index (χ1) is 5.88. The molecule has 1 heterocycles. The molecule has 1 rings (SSSR count). The van der Waals surface area contributed by atoms with Gasteiger partial charge in [0.2, 0.25) is 11.9 Å². The summed E-state index contributed by atoms with van der Waals surface area (Å²) in [6, 6.07) is 3.16. The number of halogens is 3. The highest BCUT2D eigenvalue weighted by atomic mass is 19.4. The molecule has 0 aromatic carbocycles. The molecule has 0 radical (unpaired) electrons. The van der Waals surface area contributed by atoms with Crippen molar-refractivity contribution >= 4 is 7.18 Å². The third-order valence-electron chi connectivity index (χ3n) is 1.49. The number of nitrogens with zero attached hydrogens (tertiary/aromatic N) is 1. The van der Waals surface area contributed by atoms with Gasteiger partial charge in [0.05, 0.1) is 0 Å². The van der Waals surface area contributed by atoms with E-state index in [1.807, 2.05) is 0 Å². The van der Waals surface area contributed by atoms with Crippen molar-refractivity contribution < 1.29 is 22.4 Å². The van der Waals surface area contributed by atoms with E-state index in [1.54, 1.807) is 26.0 Å². The monoisotopic (exact) mass is 191 g/mol. The van der Waals surface area contributed by atoms with Gasteiger partial charge >= 0.3 is 7.18 Å². The fourth-order valence-corrected chi connectivity index (χ4v) is 0.991. The minimum atomic E-state index is -5.25. The predicted molar refractivity (Wildman–Crippen MR) is 41.8 cm³/mol. The van der Waals surface area contributed by atoms with Gasteiger partial charge in [-0.1, -0.05) is 0 Å². The Kier molecular flexibility index (Phi) is 2.49. The fraction of sp³-hybridized carbons (Fsp3) is 0.286. The first-order valence-corrected chi connectivity index (χ1v) is 3.75. The second kappa shape index (κ2) is 3.28. The summed E-state index contributed by atoms with van der Waals surface area (Å²) in [4.78, 5) is 0. The molecule has 0 amide bonds.